The van der Waals surface area contributed by atoms with E-state index in [0.29, 0.717) is 43.1 Å². The van der Waals surface area contributed by atoms with E-state index >= 15 is 0 Å². The molecule has 0 radical (unpaired) electrons. The van der Waals surface area contributed by atoms with Crippen LogP contribution in [0.1, 0.15) is 18.9 Å². The molecule has 0 aliphatic carbocycles. The van der Waals surface area contributed by atoms with Gasteiger partial charge in [-0.05, 0) is 42.3 Å². The fraction of sp³-hybridized carbons (Fsp3) is 0.241. The minimum Gasteiger partial charge on any atom is -0.507 e. The lowest BCUT2D eigenvalue weighted by molar-refractivity contribution is -0.126. The molecule has 1 aliphatic rings. The Labute approximate surface area is 229 Å². The summed E-state index contributed by atoms with van der Waals surface area (Å²) in [6, 6.07) is 13.1. The molecule has 39 heavy (non-hydrogen) atoms. The first-order valence-corrected chi connectivity index (χ1v) is 13.1. The lowest BCUT2D eigenvalue weighted by Crippen LogP contribution is -2.49. The Balaban J connectivity index is 1.77. The highest BCUT2D eigenvalue weighted by Gasteiger charge is 2.26. The number of benzene rings is 2. The predicted molar refractivity (Wildman–Crippen MR) is 150 cm³/mol. The molecule has 0 bridgehead atoms. The average molecular weight is 548 g/mol. The van der Waals surface area contributed by atoms with Gasteiger partial charge in [-0.15, -0.1) is 0 Å². The number of carbonyl (C=O) groups is 1. The number of halogens is 2. The highest BCUT2D eigenvalue weighted by molar-refractivity contribution is 6.34. The van der Waals surface area contributed by atoms with Gasteiger partial charge in [-0.25, -0.2) is 18.7 Å². The summed E-state index contributed by atoms with van der Waals surface area (Å²) in [5.41, 5.74) is 1.10. The number of fused-ring (bicyclic) bond motifs is 1. The molecule has 4 aromatic rings. The third-order valence-electron chi connectivity index (χ3n) is 6.85. The van der Waals surface area contributed by atoms with Gasteiger partial charge in [0.1, 0.15) is 17.4 Å². The molecule has 10 heteroatoms. The average Bonchev–Trinajstić information content (AvgIpc) is 2.93. The first kappa shape index (κ1) is 26.4. The molecule has 1 N–H and O–H groups in total. The summed E-state index contributed by atoms with van der Waals surface area (Å²) in [7, 11) is 0. The highest BCUT2D eigenvalue weighted by atomic mass is 35.5. The van der Waals surface area contributed by atoms with E-state index in [-0.39, 0.29) is 33.6 Å². The van der Waals surface area contributed by atoms with Crippen LogP contribution in [0.3, 0.4) is 0 Å². The topological polar surface area (TPSA) is 91.6 Å². The number of carbonyl (C=O) groups excluding carboxylic acids is 1. The van der Waals surface area contributed by atoms with E-state index in [4.69, 9.17) is 16.6 Å². The molecule has 1 aliphatic heterocycles. The van der Waals surface area contributed by atoms with Crippen molar-refractivity contribution in [2.75, 3.05) is 31.1 Å². The van der Waals surface area contributed by atoms with E-state index in [0.717, 1.165) is 18.4 Å². The van der Waals surface area contributed by atoms with Crippen LogP contribution >= 0.6 is 11.6 Å². The molecule has 200 valence electrons. The van der Waals surface area contributed by atoms with E-state index in [9.17, 15) is 19.1 Å². The minimum atomic E-state index is -0.693. The van der Waals surface area contributed by atoms with Crippen molar-refractivity contribution in [3.63, 3.8) is 0 Å². The molecule has 8 nitrogen and oxygen atoms in total. The molecule has 1 amide bonds. The summed E-state index contributed by atoms with van der Waals surface area (Å²) in [6.45, 7) is 7.33. The van der Waals surface area contributed by atoms with Crippen LogP contribution in [-0.2, 0) is 11.2 Å². The van der Waals surface area contributed by atoms with Crippen LogP contribution < -0.4 is 10.6 Å². The number of pyridine rings is 1. The quantitative estimate of drug-likeness (QED) is 0.351. The lowest BCUT2D eigenvalue weighted by atomic mass is 10.1. The predicted octanol–water partition coefficient (Wildman–Crippen LogP) is 4.73. The number of aromatic nitrogens is 3. The molecular formula is C29H27ClFN5O3. The number of phenols is 1. The summed E-state index contributed by atoms with van der Waals surface area (Å²) >= 11 is 6.66. The first-order chi connectivity index (χ1) is 18.8. The molecule has 0 unspecified atom stereocenters. The summed E-state index contributed by atoms with van der Waals surface area (Å²) < 4.78 is 16.3. The Morgan fingerprint density at radius 2 is 1.87 bits per heavy atom. The second-order valence-corrected chi connectivity index (χ2v) is 9.68. The van der Waals surface area contributed by atoms with Gasteiger partial charge in [0.15, 0.2) is 5.65 Å². The van der Waals surface area contributed by atoms with E-state index in [1.54, 1.807) is 11.0 Å². The lowest BCUT2D eigenvalue weighted by Gasteiger charge is -2.35. The number of aromatic hydroxyl groups is 1. The molecule has 1 saturated heterocycles. The molecule has 5 rings (SSSR count). The van der Waals surface area contributed by atoms with Gasteiger partial charge in [0.2, 0.25) is 5.91 Å². The number of amides is 1. The number of aryl methyl sites for hydroxylation is 1. The second-order valence-electron chi connectivity index (χ2n) is 9.27. The summed E-state index contributed by atoms with van der Waals surface area (Å²) in [6.07, 6.45) is 2.86. The Hall–Kier alpha value is -4.24. The monoisotopic (exact) mass is 547 g/mol. The number of nitrogens with zero attached hydrogens (tertiary/aromatic N) is 5. The molecule has 0 spiro atoms. The SMILES string of the molecule is C=CC(=O)N1CCN(c2nc(=O)n(-c3ccccc3CCC)c3nc(-c4c(O)cccc4F)c(Cl)cc23)CC1. The van der Waals surface area contributed by atoms with Gasteiger partial charge in [-0.2, -0.15) is 4.98 Å². The number of piperazine rings is 1. The molecule has 2 aromatic carbocycles. The van der Waals surface area contributed by atoms with Crippen molar-refractivity contribution >= 4 is 34.4 Å². The molecular weight excluding hydrogens is 521 g/mol. The zero-order valence-corrected chi connectivity index (χ0v) is 22.2. The third-order valence-corrected chi connectivity index (χ3v) is 7.14. The molecule has 1 fully saturated rings. The Morgan fingerprint density at radius 3 is 2.56 bits per heavy atom. The summed E-state index contributed by atoms with van der Waals surface area (Å²) in [4.78, 5) is 38.5. The Kier molecular flexibility index (Phi) is 7.34. The maximum atomic E-state index is 14.9. The number of rotatable bonds is 6. The van der Waals surface area contributed by atoms with Gasteiger partial charge in [-0.3, -0.25) is 4.79 Å². The minimum absolute atomic E-state index is 0.0134. The molecule has 2 aromatic heterocycles. The van der Waals surface area contributed by atoms with Crippen LogP contribution in [0, 0.1) is 5.82 Å². The van der Waals surface area contributed by atoms with E-state index in [1.165, 1.54) is 28.8 Å². The van der Waals surface area contributed by atoms with E-state index in [1.807, 2.05) is 36.1 Å². The number of phenolic OH excluding ortho intramolecular Hbond substituents is 1. The zero-order chi connectivity index (χ0) is 27.7. The third kappa shape index (κ3) is 4.85. The van der Waals surface area contributed by atoms with Gasteiger partial charge in [0.05, 0.1) is 27.4 Å². The van der Waals surface area contributed by atoms with Gasteiger partial charge >= 0.3 is 5.69 Å². The van der Waals surface area contributed by atoms with Gasteiger partial charge in [0, 0.05) is 26.2 Å². The van der Waals surface area contributed by atoms with Crippen molar-refractivity contribution < 1.29 is 14.3 Å². The maximum Gasteiger partial charge on any atom is 0.355 e. The fourth-order valence-electron chi connectivity index (χ4n) is 4.96. The van der Waals surface area contributed by atoms with E-state index in [2.05, 4.69) is 11.6 Å². The Morgan fingerprint density at radius 1 is 1.13 bits per heavy atom. The van der Waals surface area contributed by atoms with Crippen molar-refractivity contribution in [1.29, 1.82) is 0 Å². The zero-order valence-electron chi connectivity index (χ0n) is 21.4. The fourth-order valence-corrected chi connectivity index (χ4v) is 5.21. The number of hydrogen-bond acceptors (Lipinski definition) is 6. The Bertz CT molecular complexity index is 1630. The van der Waals surface area contributed by atoms with Gasteiger partial charge in [-0.1, -0.05) is 55.8 Å². The highest BCUT2D eigenvalue weighted by Crippen LogP contribution is 2.38. The van der Waals surface area contributed by atoms with Crippen LogP contribution in [0.15, 0.2) is 66.0 Å². The van der Waals surface area contributed by atoms with Crippen LogP contribution in [0.25, 0.3) is 28.0 Å². The van der Waals surface area contributed by atoms with Gasteiger partial charge in [0.25, 0.3) is 0 Å². The van der Waals surface area contributed by atoms with E-state index < -0.39 is 11.5 Å². The smallest absolute Gasteiger partial charge is 0.355 e. The molecule has 3 heterocycles. The second kappa shape index (κ2) is 10.9. The maximum absolute atomic E-state index is 14.9. The largest absolute Gasteiger partial charge is 0.507 e. The first-order valence-electron chi connectivity index (χ1n) is 12.7. The van der Waals surface area contributed by atoms with Crippen LogP contribution in [0.5, 0.6) is 5.75 Å². The molecule has 0 atom stereocenters. The van der Waals surface area contributed by atoms with Crippen molar-refractivity contribution in [3.05, 3.63) is 88.1 Å². The summed E-state index contributed by atoms with van der Waals surface area (Å²) in [5, 5.41) is 11.1. The van der Waals surface area contributed by atoms with Crippen molar-refractivity contribution in [3.8, 4) is 22.7 Å². The van der Waals surface area contributed by atoms with Crippen LogP contribution in [-0.4, -0.2) is 56.6 Å². The summed E-state index contributed by atoms with van der Waals surface area (Å²) in [5.74, 6) is -0.791. The van der Waals surface area contributed by atoms with Crippen molar-refractivity contribution in [2.45, 2.75) is 19.8 Å². The van der Waals surface area contributed by atoms with Crippen LogP contribution in [0.4, 0.5) is 10.2 Å². The van der Waals surface area contributed by atoms with Crippen molar-refractivity contribution in [2.24, 2.45) is 0 Å². The number of anilines is 1. The normalized spacial score (nSPS) is 13.6. The molecule has 0 saturated carbocycles. The van der Waals surface area contributed by atoms with Crippen LogP contribution in [0.2, 0.25) is 5.02 Å². The van der Waals surface area contributed by atoms with Gasteiger partial charge < -0.3 is 14.9 Å². The standard InChI is InChI=1S/C29H27ClFN5O3/c1-3-8-18-9-5-6-11-22(18)36-28-19(17-20(30)26(32-28)25-21(31)10-7-12-23(25)37)27(33-29(36)39)35-15-13-34(14-16-35)24(38)4-2/h4-7,9-12,17,37H,2-3,8,13-16H2,1H3. The number of para-hydroxylation sites is 1. The van der Waals surface area contributed by atoms with Crippen molar-refractivity contribution in [1.82, 2.24) is 19.4 Å². The number of hydrogen-bond donors (Lipinski definition) is 1.